The highest BCUT2D eigenvalue weighted by Gasteiger charge is 2.18. The van der Waals surface area contributed by atoms with Crippen LogP contribution in [0.3, 0.4) is 0 Å². The summed E-state index contributed by atoms with van der Waals surface area (Å²) in [4.78, 5) is 15.5. The fourth-order valence-corrected chi connectivity index (χ4v) is 1.93. The summed E-state index contributed by atoms with van der Waals surface area (Å²) in [5.41, 5.74) is 1.51. The van der Waals surface area contributed by atoms with Crippen molar-refractivity contribution in [2.24, 2.45) is 0 Å². The lowest BCUT2D eigenvalue weighted by molar-refractivity contribution is -0.385. The van der Waals surface area contributed by atoms with Crippen molar-refractivity contribution >= 4 is 5.69 Å². The molecule has 0 saturated heterocycles. The van der Waals surface area contributed by atoms with Crippen molar-refractivity contribution in [3.63, 3.8) is 0 Å². The van der Waals surface area contributed by atoms with Crippen molar-refractivity contribution in [3.05, 3.63) is 64.5 Å². The van der Waals surface area contributed by atoms with Crippen LogP contribution < -0.4 is 0 Å². The van der Waals surface area contributed by atoms with Gasteiger partial charge in [0.15, 0.2) is 0 Å². The number of hydrogen-bond donors (Lipinski definition) is 0. The third-order valence-electron chi connectivity index (χ3n) is 2.93. The molecule has 8 heteroatoms. The van der Waals surface area contributed by atoms with Crippen LogP contribution in [0, 0.1) is 21.4 Å². The van der Waals surface area contributed by atoms with Crippen LogP contribution in [0.1, 0.15) is 5.56 Å². The zero-order chi connectivity index (χ0) is 15.5. The molecule has 0 unspecified atom stereocenters. The predicted molar refractivity (Wildman–Crippen MR) is 76.0 cm³/mol. The molecular formula is C14H8N6O2. The highest BCUT2D eigenvalue weighted by atomic mass is 16.6. The summed E-state index contributed by atoms with van der Waals surface area (Å²) in [6.45, 7) is 0. The molecule has 0 amide bonds. The van der Waals surface area contributed by atoms with Gasteiger partial charge in [-0.1, -0.05) is 12.1 Å². The molecule has 3 aromatic rings. The summed E-state index contributed by atoms with van der Waals surface area (Å²) < 4.78 is 0. The molecule has 2 aromatic heterocycles. The Morgan fingerprint density at radius 2 is 2.14 bits per heavy atom. The number of hydrogen-bond acceptors (Lipinski definition) is 6. The summed E-state index contributed by atoms with van der Waals surface area (Å²) in [7, 11) is 0. The first-order valence-electron chi connectivity index (χ1n) is 6.21. The van der Waals surface area contributed by atoms with E-state index in [1.54, 1.807) is 24.3 Å². The summed E-state index contributed by atoms with van der Waals surface area (Å²) in [5.74, 6) is 0.0372. The van der Waals surface area contributed by atoms with Crippen LogP contribution in [0.5, 0.6) is 0 Å². The smallest absolute Gasteiger partial charge is 0.258 e. The van der Waals surface area contributed by atoms with Crippen LogP contribution in [0.15, 0.2) is 48.8 Å². The molecule has 106 valence electrons. The van der Waals surface area contributed by atoms with Gasteiger partial charge in [0.05, 0.1) is 22.8 Å². The van der Waals surface area contributed by atoms with E-state index < -0.39 is 4.92 Å². The quantitative estimate of drug-likeness (QED) is 0.540. The number of nitriles is 1. The molecule has 2 heterocycles. The molecule has 0 bridgehead atoms. The Labute approximate surface area is 124 Å². The fraction of sp³-hybridized carbons (Fsp3) is 0. The van der Waals surface area contributed by atoms with Crippen LogP contribution in [0.4, 0.5) is 5.69 Å². The van der Waals surface area contributed by atoms with Gasteiger partial charge in [0.2, 0.25) is 0 Å². The summed E-state index contributed by atoms with van der Waals surface area (Å²) in [6.07, 6.45) is 2.90. The molecule has 0 spiro atoms. The monoisotopic (exact) mass is 292 g/mol. The Bertz CT molecular complexity index is 896. The number of rotatable bonds is 3. The molecule has 0 aliphatic carbocycles. The maximum Gasteiger partial charge on any atom is 0.315 e. The molecule has 0 radical (unpaired) electrons. The third-order valence-corrected chi connectivity index (χ3v) is 2.93. The second-order valence-corrected chi connectivity index (χ2v) is 4.32. The number of nitrogens with zero attached hydrogens (tertiary/aromatic N) is 6. The van der Waals surface area contributed by atoms with E-state index in [1.807, 2.05) is 6.07 Å². The Morgan fingerprint density at radius 3 is 2.91 bits per heavy atom. The molecule has 3 rings (SSSR count). The Balaban J connectivity index is 2.05. The van der Waals surface area contributed by atoms with Crippen molar-refractivity contribution in [2.45, 2.75) is 0 Å². The van der Waals surface area contributed by atoms with E-state index in [4.69, 9.17) is 5.26 Å². The second kappa shape index (κ2) is 5.41. The maximum atomic E-state index is 11.0. The Kier molecular flexibility index (Phi) is 3.29. The van der Waals surface area contributed by atoms with Gasteiger partial charge >= 0.3 is 5.69 Å². The fourth-order valence-electron chi connectivity index (χ4n) is 1.93. The lowest BCUT2D eigenvalue weighted by Crippen LogP contribution is -2.05. The molecule has 0 atom stereocenters. The maximum absolute atomic E-state index is 11.0. The van der Waals surface area contributed by atoms with E-state index in [1.165, 1.54) is 24.5 Å². The highest BCUT2D eigenvalue weighted by molar-refractivity contribution is 5.60. The van der Waals surface area contributed by atoms with Gasteiger partial charge in [-0.2, -0.15) is 10.4 Å². The topological polar surface area (TPSA) is 111 Å². The van der Waals surface area contributed by atoms with E-state index in [9.17, 15) is 10.1 Å². The van der Waals surface area contributed by atoms with Crippen LogP contribution in [-0.2, 0) is 0 Å². The molecule has 0 aliphatic rings. The van der Waals surface area contributed by atoms with Crippen molar-refractivity contribution in [2.75, 3.05) is 0 Å². The van der Waals surface area contributed by atoms with Crippen LogP contribution in [0.25, 0.3) is 17.1 Å². The van der Waals surface area contributed by atoms with E-state index in [-0.39, 0.29) is 11.5 Å². The second-order valence-electron chi connectivity index (χ2n) is 4.32. The normalized spacial score (nSPS) is 10.1. The molecule has 22 heavy (non-hydrogen) atoms. The minimum Gasteiger partial charge on any atom is -0.258 e. The van der Waals surface area contributed by atoms with Gasteiger partial charge < -0.3 is 0 Å². The van der Waals surface area contributed by atoms with Crippen LogP contribution in [-0.4, -0.2) is 24.9 Å². The molecular weight excluding hydrogens is 284 g/mol. The van der Waals surface area contributed by atoms with Crippen molar-refractivity contribution in [3.8, 4) is 23.1 Å². The summed E-state index contributed by atoms with van der Waals surface area (Å²) in [5, 5.41) is 28.1. The number of aromatic nitrogens is 4. The van der Waals surface area contributed by atoms with Gasteiger partial charge in [0, 0.05) is 17.8 Å². The summed E-state index contributed by atoms with van der Waals surface area (Å²) in [6, 6.07) is 11.7. The lowest BCUT2D eigenvalue weighted by Gasteiger charge is -1.99. The van der Waals surface area contributed by atoms with Gasteiger partial charge in [0.25, 0.3) is 5.82 Å². The van der Waals surface area contributed by atoms with Gasteiger partial charge in [-0.25, -0.2) is 4.98 Å². The Hall–Kier alpha value is -3.60. The van der Waals surface area contributed by atoms with E-state index >= 15 is 0 Å². The summed E-state index contributed by atoms with van der Waals surface area (Å²) >= 11 is 0. The van der Waals surface area contributed by atoms with E-state index in [0.717, 1.165) is 4.80 Å². The zero-order valence-electron chi connectivity index (χ0n) is 11.1. The SMILES string of the molecule is N#Cc1cccc(-c2cnn(-c3ncccc3[N+](=O)[O-])n2)c1. The minimum atomic E-state index is -0.540. The molecule has 8 nitrogen and oxygen atoms in total. The number of benzene rings is 1. The largest absolute Gasteiger partial charge is 0.315 e. The van der Waals surface area contributed by atoms with Crippen molar-refractivity contribution < 1.29 is 4.92 Å². The first kappa shape index (κ1) is 13.4. The van der Waals surface area contributed by atoms with Crippen molar-refractivity contribution in [1.82, 2.24) is 20.0 Å². The molecule has 0 aliphatic heterocycles. The predicted octanol–water partition coefficient (Wildman–Crippen LogP) is 2.11. The molecule has 0 N–H and O–H groups in total. The van der Waals surface area contributed by atoms with Gasteiger partial charge in [-0.05, 0) is 18.2 Å². The average molecular weight is 292 g/mol. The van der Waals surface area contributed by atoms with Crippen molar-refractivity contribution in [1.29, 1.82) is 5.26 Å². The number of pyridine rings is 1. The van der Waals surface area contributed by atoms with Gasteiger partial charge in [-0.3, -0.25) is 10.1 Å². The first-order chi connectivity index (χ1) is 10.7. The molecule has 0 fully saturated rings. The first-order valence-corrected chi connectivity index (χ1v) is 6.21. The average Bonchev–Trinajstić information content (AvgIpc) is 3.05. The number of nitro groups is 1. The van der Waals surface area contributed by atoms with Crippen LogP contribution in [0.2, 0.25) is 0 Å². The van der Waals surface area contributed by atoms with E-state index in [0.29, 0.717) is 16.8 Å². The molecule has 0 saturated carbocycles. The van der Waals surface area contributed by atoms with Gasteiger partial charge in [0.1, 0.15) is 5.69 Å². The van der Waals surface area contributed by atoms with Gasteiger partial charge in [-0.15, -0.1) is 9.90 Å². The van der Waals surface area contributed by atoms with E-state index in [2.05, 4.69) is 15.2 Å². The lowest BCUT2D eigenvalue weighted by atomic mass is 10.1. The zero-order valence-corrected chi connectivity index (χ0v) is 11.1. The minimum absolute atomic E-state index is 0.0372. The Morgan fingerprint density at radius 1 is 1.27 bits per heavy atom. The van der Waals surface area contributed by atoms with Crippen LogP contribution >= 0.6 is 0 Å². The third kappa shape index (κ3) is 2.38. The molecule has 1 aromatic carbocycles. The standard InChI is InChI=1S/C14H8N6O2/c15-8-10-3-1-4-11(7-10)12-9-17-19(18-12)14-13(20(21)22)5-2-6-16-14/h1-7,9H. The highest BCUT2D eigenvalue weighted by Crippen LogP contribution is 2.21.